The Hall–Kier alpha value is -2.43. The van der Waals surface area contributed by atoms with Crippen molar-refractivity contribution in [3.63, 3.8) is 0 Å². The maximum atomic E-state index is 11.7. The fourth-order valence-electron chi connectivity index (χ4n) is 1.22. The van der Waals surface area contributed by atoms with Gasteiger partial charge in [0, 0.05) is 12.4 Å². The first-order chi connectivity index (χ1) is 7.77. The van der Waals surface area contributed by atoms with Crippen LogP contribution in [0.1, 0.15) is 10.4 Å². The van der Waals surface area contributed by atoms with Crippen LogP contribution in [0.15, 0.2) is 43.0 Å². The van der Waals surface area contributed by atoms with Crippen LogP contribution in [0.2, 0.25) is 0 Å². The van der Waals surface area contributed by atoms with Crippen LogP contribution >= 0.6 is 0 Å². The lowest BCUT2D eigenvalue weighted by Crippen LogP contribution is -2.13. The standard InChI is InChI=1S/C11H10N4O/c12-9-3-1-2-4-10(9)15-11(16)8-5-13-7-14-6-8/h1-7H,12H2,(H,15,16). The summed E-state index contributed by atoms with van der Waals surface area (Å²) in [5, 5.41) is 2.68. The van der Waals surface area contributed by atoms with Crippen molar-refractivity contribution in [2.75, 3.05) is 11.1 Å². The highest BCUT2D eigenvalue weighted by atomic mass is 16.1. The lowest BCUT2D eigenvalue weighted by atomic mass is 10.2. The summed E-state index contributed by atoms with van der Waals surface area (Å²) in [7, 11) is 0. The number of anilines is 2. The quantitative estimate of drug-likeness (QED) is 0.738. The molecule has 2 aromatic rings. The first-order valence-corrected chi connectivity index (χ1v) is 4.68. The van der Waals surface area contributed by atoms with Gasteiger partial charge in [0.25, 0.3) is 5.91 Å². The zero-order chi connectivity index (χ0) is 11.4. The number of benzene rings is 1. The van der Waals surface area contributed by atoms with Crippen LogP contribution in [0, 0.1) is 0 Å². The topological polar surface area (TPSA) is 80.9 Å². The molecule has 1 aromatic carbocycles. The van der Waals surface area contributed by atoms with Gasteiger partial charge in [0.15, 0.2) is 0 Å². The van der Waals surface area contributed by atoms with E-state index in [-0.39, 0.29) is 5.91 Å². The number of carbonyl (C=O) groups excluding carboxylic acids is 1. The SMILES string of the molecule is Nc1ccccc1NC(=O)c1cncnc1. The molecule has 0 aliphatic rings. The summed E-state index contributed by atoms with van der Waals surface area (Å²) in [6.07, 6.45) is 4.26. The zero-order valence-corrected chi connectivity index (χ0v) is 8.42. The van der Waals surface area contributed by atoms with Crippen molar-refractivity contribution in [2.45, 2.75) is 0 Å². The maximum Gasteiger partial charge on any atom is 0.258 e. The molecule has 0 aliphatic heterocycles. The van der Waals surface area contributed by atoms with Crippen molar-refractivity contribution in [2.24, 2.45) is 0 Å². The molecule has 0 radical (unpaired) electrons. The monoisotopic (exact) mass is 214 g/mol. The summed E-state index contributed by atoms with van der Waals surface area (Å²) >= 11 is 0. The van der Waals surface area contributed by atoms with Gasteiger partial charge in [-0.15, -0.1) is 0 Å². The molecule has 0 spiro atoms. The minimum absolute atomic E-state index is 0.279. The van der Waals surface area contributed by atoms with Crippen LogP contribution in [0.5, 0.6) is 0 Å². The van der Waals surface area contributed by atoms with Crippen LogP contribution in [-0.2, 0) is 0 Å². The molecule has 2 rings (SSSR count). The molecule has 80 valence electrons. The smallest absolute Gasteiger partial charge is 0.258 e. The normalized spacial score (nSPS) is 9.75. The van der Waals surface area contributed by atoms with Crippen LogP contribution in [0.3, 0.4) is 0 Å². The van der Waals surface area contributed by atoms with Gasteiger partial charge in [-0.05, 0) is 12.1 Å². The number of nitrogens with one attached hydrogen (secondary N) is 1. The van der Waals surface area contributed by atoms with Crippen molar-refractivity contribution in [3.8, 4) is 0 Å². The van der Waals surface area contributed by atoms with E-state index in [2.05, 4.69) is 15.3 Å². The third-order valence-electron chi connectivity index (χ3n) is 2.03. The zero-order valence-electron chi connectivity index (χ0n) is 8.42. The minimum atomic E-state index is -0.279. The second kappa shape index (κ2) is 4.39. The summed E-state index contributed by atoms with van der Waals surface area (Å²) in [6, 6.07) is 7.05. The summed E-state index contributed by atoms with van der Waals surface area (Å²) in [5.41, 5.74) is 7.20. The molecule has 0 unspecified atom stereocenters. The Morgan fingerprint density at radius 3 is 2.56 bits per heavy atom. The van der Waals surface area contributed by atoms with E-state index >= 15 is 0 Å². The predicted molar refractivity (Wildman–Crippen MR) is 60.8 cm³/mol. The van der Waals surface area contributed by atoms with E-state index in [0.29, 0.717) is 16.9 Å². The lowest BCUT2D eigenvalue weighted by molar-refractivity contribution is 0.102. The number of nitrogens with zero attached hydrogens (tertiary/aromatic N) is 2. The van der Waals surface area contributed by atoms with Gasteiger partial charge in [0.1, 0.15) is 6.33 Å². The Labute approximate surface area is 92.3 Å². The Balaban J connectivity index is 2.18. The number of rotatable bonds is 2. The highest BCUT2D eigenvalue weighted by Gasteiger charge is 2.07. The molecular weight excluding hydrogens is 204 g/mol. The fraction of sp³-hybridized carbons (Fsp3) is 0. The van der Waals surface area contributed by atoms with Crippen LogP contribution < -0.4 is 11.1 Å². The average Bonchev–Trinajstić information content (AvgIpc) is 2.33. The van der Waals surface area contributed by atoms with Crippen LogP contribution in [0.25, 0.3) is 0 Å². The van der Waals surface area contributed by atoms with Gasteiger partial charge < -0.3 is 11.1 Å². The van der Waals surface area contributed by atoms with E-state index in [1.807, 2.05) is 0 Å². The molecule has 0 bridgehead atoms. The number of hydrogen-bond donors (Lipinski definition) is 2. The van der Waals surface area contributed by atoms with Crippen LogP contribution in [-0.4, -0.2) is 15.9 Å². The summed E-state index contributed by atoms with van der Waals surface area (Å²) in [6.45, 7) is 0. The number of nitrogen functional groups attached to an aromatic ring is 1. The van der Waals surface area contributed by atoms with Crippen molar-refractivity contribution >= 4 is 17.3 Å². The molecule has 3 N–H and O–H groups in total. The predicted octanol–water partition coefficient (Wildman–Crippen LogP) is 1.31. The second-order valence-electron chi connectivity index (χ2n) is 3.17. The first-order valence-electron chi connectivity index (χ1n) is 4.68. The van der Waals surface area contributed by atoms with Gasteiger partial charge in [-0.2, -0.15) is 0 Å². The summed E-state index contributed by atoms with van der Waals surface area (Å²) in [5.74, 6) is -0.279. The van der Waals surface area contributed by atoms with Gasteiger partial charge >= 0.3 is 0 Å². The van der Waals surface area contributed by atoms with E-state index < -0.39 is 0 Å². The Morgan fingerprint density at radius 1 is 1.19 bits per heavy atom. The molecule has 5 heteroatoms. The van der Waals surface area contributed by atoms with Crippen molar-refractivity contribution in [3.05, 3.63) is 48.5 Å². The van der Waals surface area contributed by atoms with Gasteiger partial charge in [-0.25, -0.2) is 9.97 Å². The Bertz CT molecular complexity index is 498. The van der Waals surface area contributed by atoms with E-state index in [0.717, 1.165) is 0 Å². The minimum Gasteiger partial charge on any atom is -0.397 e. The molecule has 0 fully saturated rings. The highest BCUT2D eigenvalue weighted by molar-refractivity contribution is 6.05. The lowest BCUT2D eigenvalue weighted by Gasteiger charge is -2.06. The Kier molecular flexibility index (Phi) is 2.77. The van der Waals surface area contributed by atoms with Crippen molar-refractivity contribution in [1.82, 2.24) is 9.97 Å². The summed E-state index contributed by atoms with van der Waals surface area (Å²) < 4.78 is 0. The highest BCUT2D eigenvalue weighted by Crippen LogP contribution is 2.17. The van der Waals surface area contributed by atoms with Crippen LogP contribution in [0.4, 0.5) is 11.4 Å². The molecule has 0 atom stereocenters. The average molecular weight is 214 g/mol. The third kappa shape index (κ3) is 2.14. The third-order valence-corrected chi connectivity index (χ3v) is 2.03. The van der Waals surface area contributed by atoms with Crippen molar-refractivity contribution < 1.29 is 4.79 Å². The number of aromatic nitrogens is 2. The fourth-order valence-corrected chi connectivity index (χ4v) is 1.22. The van der Waals surface area contributed by atoms with Gasteiger partial charge in [0.2, 0.25) is 0 Å². The van der Waals surface area contributed by atoms with E-state index in [1.54, 1.807) is 24.3 Å². The molecule has 0 saturated heterocycles. The number of amides is 1. The molecule has 5 nitrogen and oxygen atoms in total. The largest absolute Gasteiger partial charge is 0.397 e. The number of hydrogen-bond acceptors (Lipinski definition) is 4. The van der Waals surface area contributed by atoms with Crippen molar-refractivity contribution in [1.29, 1.82) is 0 Å². The molecule has 1 aromatic heterocycles. The Morgan fingerprint density at radius 2 is 1.88 bits per heavy atom. The number of para-hydroxylation sites is 2. The van der Waals surface area contributed by atoms with Gasteiger partial charge in [-0.3, -0.25) is 4.79 Å². The number of carbonyl (C=O) groups is 1. The molecular formula is C11H10N4O. The molecule has 16 heavy (non-hydrogen) atoms. The summed E-state index contributed by atoms with van der Waals surface area (Å²) in [4.78, 5) is 19.3. The van der Waals surface area contributed by atoms with E-state index in [4.69, 9.17) is 5.73 Å². The molecule has 0 saturated carbocycles. The number of nitrogens with two attached hydrogens (primary N) is 1. The molecule has 0 aliphatic carbocycles. The van der Waals surface area contributed by atoms with E-state index in [1.165, 1.54) is 18.7 Å². The molecule has 1 amide bonds. The van der Waals surface area contributed by atoms with Gasteiger partial charge in [0.05, 0.1) is 16.9 Å². The maximum absolute atomic E-state index is 11.7. The van der Waals surface area contributed by atoms with E-state index in [9.17, 15) is 4.79 Å². The molecule has 1 heterocycles. The van der Waals surface area contributed by atoms with Gasteiger partial charge in [-0.1, -0.05) is 12.1 Å². The first kappa shape index (κ1) is 10.1. The second-order valence-corrected chi connectivity index (χ2v) is 3.17.